The topological polar surface area (TPSA) is 34.5 Å². The molecule has 0 bridgehead atoms. The highest BCUT2D eigenvalue weighted by atomic mass is 32.1. The molecule has 23 heavy (non-hydrogen) atoms. The Labute approximate surface area is 134 Å². The SMILES string of the molecule is C/N=C/c1ccc2sc(-c3ccc(OC(F)(F)F)cc3)nc2c1. The van der Waals surface area contributed by atoms with Gasteiger partial charge in [0.15, 0.2) is 0 Å². The van der Waals surface area contributed by atoms with Crippen molar-refractivity contribution >= 4 is 27.8 Å². The van der Waals surface area contributed by atoms with E-state index >= 15 is 0 Å². The van der Waals surface area contributed by atoms with Crippen molar-refractivity contribution in [2.45, 2.75) is 6.36 Å². The number of hydrogen-bond acceptors (Lipinski definition) is 4. The van der Waals surface area contributed by atoms with Gasteiger partial charge >= 0.3 is 6.36 Å². The summed E-state index contributed by atoms with van der Waals surface area (Å²) < 4.78 is 41.4. The van der Waals surface area contributed by atoms with Crippen molar-refractivity contribution in [3.05, 3.63) is 48.0 Å². The van der Waals surface area contributed by atoms with Gasteiger partial charge in [-0.3, -0.25) is 4.99 Å². The summed E-state index contributed by atoms with van der Waals surface area (Å²) in [5, 5.41) is 0.740. The fraction of sp³-hybridized carbons (Fsp3) is 0.125. The molecule has 3 aromatic rings. The third kappa shape index (κ3) is 3.68. The Balaban J connectivity index is 1.90. The zero-order valence-electron chi connectivity index (χ0n) is 12.0. The van der Waals surface area contributed by atoms with Crippen LogP contribution in [0.5, 0.6) is 5.75 Å². The minimum Gasteiger partial charge on any atom is -0.406 e. The average molecular weight is 336 g/mol. The Morgan fingerprint density at radius 1 is 1.13 bits per heavy atom. The summed E-state index contributed by atoms with van der Waals surface area (Å²) in [5.41, 5.74) is 2.52. The van der Waals surface area contributed by atoms with E-state index in [1.165, 1.54) is 23.5 Å². The average Bonchev–Trinajstić information content (AvgIpc) is 2.90. The highest BCUT2D eigenvalue weighted by Crippen LogP contribution is 2.32. The molecule has 0 N–H and O–H groups in total. The molecule has 0 aliphatic carbocycles. The third-order valence-corrected chi connectivity index (χ3v) is 4.11. The van der Waals surface area contributed by atoms with Gasteiger partial charge in [-0.05, 0) is 42.0 Å². The fourth-order valence-electron chi connectivity index (χ4n) is 2.10. The maximum atomic E-state index is 12.2. The lowest BCUT2D eigenvalue weighted by Gasteiger charge is -2.08. The maximum Gasteiger partial charge on any atom is 0.573 e. The second kappa shape index (κ2) is 6.00. The Morgan fingerprint density at radius 2 is 1.87 bits per heavy atom. The van der Waals surface area contributed by atoms with E-state index in [0.29, 0.717) is 0 Å². The number of alkyl halides is 3. The molecule has 0 unspecified atom stereocenters. The fourth-order valence-corrected chi connectivity index (χ4v) is 3.05. The molecule has 0 amide bonds. The molecule has 0 atom stereocenters. The van der Waals surface area contributed by atoms with Gasteiger partial charge < -0.3 is 4.74 Å². The van der Waals surface area contributed by atoms with E-state index in [2.05, 4.69) is 14.7 Å². The molecule has 0 radical (unpaired) electrons. The van der Waals surface area contributed by atoms with Crippen molar-refractivity contribution in [2.75, 3.05) is 7.05 Å². The number of halogens is 3. The Bertz CT molecular complexity index is 854. The van der Waals surface area contributed by atoms with Crippen molar-refractivity contribution in [1.29, 1.82) is 0 Å². The number of fused-ring (bicyclic) bond motifs is 1. The van der Waals surface area contributed by atoms with Crippen LogP contribution in [0, 0.1) is 0 Å². The molecule has 0 fully saturated rings. The molecule has 118 valence electrons. The molecule has 0 aliphatic heterocycles. The zero-order chi connectivity index (χ0) is 16.4. The quantitative estimate of drug-likeness (QED) is 0.637. The molecule has 1 heterocycles. The van der Waals surface area contributed by atoms with Crippen LogP contribution in [0.25, 0.3) is 20.8 Å². The molecule has 3 rings (SSSR count). The van der Waals surface area contributed by atoms with E-state index in [9.17, 15) is 13.2 Å². The van der Waals surface area contributed by atoms with E-state index in [4.69, 9.17) is 0 Å². The monoisotopic (exact) mass is 336 g/mol. The summed E-state index contributed by atoms with van der Waals surface area (Å²) in [6.07, 6.45) is -2.95. The van der Waals surface area contributed by atoms with Gasteiger partial charge in [0, 0.05) is 18.8 Å². The second-order valence-corrected chi connectivity index (χ2v) is 5.74. The number of nitrogens with zero attached hydrogens (tertiary/aromatic N) is 2. The summed E-state index contributed by atoms with van der Waals surface area (Å²) in [7, 11) is 1.70. The molecular formula is C16H11F3N2OS. The lowest BCUT2D eigenvalue weighted by molar-refractivity contribution is -0.274. The summed E-state index contributed by atoms with van der Waals surface area (Å²) in [6, 6.07) is 11.5. The molecule has 7 heteroatoms. The van der Waals surface area contributed by atoms with Gasteiger partial charge in [0.1, 0.15) is 10.8 Å². The normalized spacial score (nSPS) is 12.2. The van der Waals surface area contributed by atoms with E-state index in [-0.39, 0.29) is 5.75 Å². The first-order chi connectivity index (χ1) is 10.9. The summed E-state index contributed by atoms with van der Waals surface area (Å²) in [5.74, 6) is -0.246. The minimum atomic E-state index is -4.69. The van der Waals surface area contributed by atoms with Gasteiger partial charge in [0.05, 0.1) is 10.2 Å². The van der Waals surface area contributed by atoms with Gasteiger partial charge in [-0.1, -0.05) is 6.07 Å². The van der Waals surface area contributed by atoms with E-state index in [1.807, 2.05) is 18.2 Å². The minimum absolute atomic E-state index is 0.246. The van der Waals surface area contributed by atoms with Gasteiger partial charge in [-0.25, -0.2) is 4.98 Å². The molecule has 1 aromatic heterocycles. The number of benzene rings is 2. The number of aliphatic imine (C=N–C) groups is 1. The van der Waals surface area contributed by atoms with Crippen LogP contribution in [0.15, 0.2) is 47.5 Å². The van der Waals surface area contributed by atoms with Crippen LogP contribution in [-0.2, 0) is 0 Å². The van der Waals surface area contributed by atoms with Crippen LogP contribution in [0.3, 0.4) is 0 Å². The lowest BCUT2D eigenvalue weighted by atomic mass is 10.2. The van der Waals surface area contributed by atoms with Crippen LogP contribution in [0.2, 0.25) is 0 Å². The Morgan fingerprint density at radius 3 is 2.52 bits per heavy atom. The van der Waals surface area contributed by atoms with Crippen LogP contribution < -0.4 is 4.74 Å². The van der Waals surface area contributed by atoms with Gasteiger partial charge in [-0.2, -0.15) is 0 Å². The first kappa shape index (κ1) is 15.5. The summed E-state index contributed by atoms with van der Waals surface area (Å²) in [4.78, 5) is 8.49. The first-order valence-electron chi connectivity index (χ1n) is 6.63. The van der Waals surface area contributed by atoms with E-state index in [0.717, 1.165) is 26.4 Å². The predicted octanol–water partition coefficient (Wildman–Crippen LogP) is 4.91. The molecule has 2 aromatic carbocycles. The van der Waals surface area contributed by atoms with Gasteiger partial charge in [0.25, 0.3) is 0 Å². The molecule has 0 spiro atoms. The molecule has 0 aliphatic rings. The molecule has 0 saturated heterocycles. The number of aromatic nitrogens is 1. The van der Waals surface area contributed by atoms with E-state index in [1.54, 1.807) is 25.4 Å². The smallest absolute Gasteiger partial charge is 0.406 e. The maximum absolute atomic E-state index is 12.2. The van der Waals surface area contributed by atoms with Crippen molar-refractivity contribution in [2.24, 2.45) is 4.99 Å². The van der Waals surface area contributed by atoms with Crippen molar-refractivity contribution in [3.8, 4) is 16.3 Å². The Kier molecular flexibility index (Phi) is 4.04. The number of rotatable bonds is 3. The number of ether oxygens (including phenoxy) is 1. The number of thiazole rings is 1. The molecular weight excluding hydrogens is 325 g/mol. The van der Waals surface area contributed by atoms with Crippen molar-refractivity contribution in [3.63, 3.8) is 0 Å². The first-order valence-corrected chi connectivity index (χ1v) is 7.45. The van der Waals surface area contributed by atoms with Gasteiger partial charge in [0.2, 0.25) is 0 Å². The van der Waals surface area contributed by atoms with Crippen molar-refractivity contribution in [1.82, 2.24) is 4.98 Å². The molecule has 3 nitrogen and oxygen atoms in total. The summed E-state index contributed by atoms with van der Waals surface area (Å²) in [6.45, 7) is 0. The van der Waals surface area contributed by atoms with Crippen LogP contribution in [-0.4, -0.2) is 24.6 Å². The van der Waals surface area contributed by atoms with Crippen LogP contribution >= 0.6 is 11.3 Å². The highest BCUT2D eigenvalue weighted by Gasteiger charge is 2.30. The highest BCUT2D eigenvalue weighted by molar-refractivity contribution is 7.21. The number of hydrogen-bond donors (Lipinski definition) is 0. The third-order valence-electron chi connectivity index (χ3n) is 3.02. The van der Waals surface area contributed by atoms with Gasteiger partial charge in [-0.15, -0.1) is 24.5 Å². The standard InChI is InChI=1S/C16H11F3N2OS/c1-20-9-10-2-7-14-13(8-10)21-15(23-14)11-3-5-12(6-4-11)22-16(17,18)19/h2-9H,1H3/b20-9+. The molecule has 0 saturated carbocycles. The summed E-state index contributed by atoms with van der Waals surface area (Å²) >= 11 is 1.48. The van der Waals surface area contributed by atoms with Crippen LogP contribution in [0.4, 0.5) is 13.2 Å². The largest absolute Gasteiger partial charge is 0.573 e. The predicted molar refractivity (Wildman–Crippen MR) is 85.3 cm³/mol. The van der Waals surface area contributed by atoms with E-state index < -0.39 is 6.36 Å². The lowest BCUT2D eigenvalue weighted by Crippen LogP contribution is -2.16. The second-order valence-electron chi connectivity index (χ2n) is 4.71. The van der Waals surface area contributed by atoms with Crippen LogP contribution in [0.1, 0.15) is 5.56 Å². The zero-order valence-corrected chi connectivity index (χ0v) is 12.8. The Hall–Kier alpha value is -2.41. The van der Waals surface area contributed by atoms with Crippen molar-refractivity contribution < 1.29 is 17.9 Å².